The third-order valence-electron chi connectivity index (χ3n) is 2.52. The maximum absolute atomic E-state index is 11.5. The van der Waals surface area contributed by atoms with Gasteiger partial charge in [0.2, 0.25) is 0 Å². The molecule has 0 fully saturated rings. The second-order valence-corrected chi connectivity index (χ2v) is 9.99. The van der Waals surface area contributed by atoms with Crippen molar-refractivity contribution in [2.75, 3.05) is 6.61 Å². The molecule has 0 heterocycles. The van der Waals surface area contributed by atoms with Crippen LogP contribution in [0.5, 0.6) is 0 Å². The van der Waals surface area contributed by atoms with Gasteiger partial charge in [-0.1, -0.05) is 46.3 Å². The standard InChI is InChI=1S/C12H17BrO2Si/c1-4-15-12(14)9-16(2,3)11-7-5-10(13)6-8-11/h5-8H,4,9H2,1-3H3. The van der Waals surface area contributed by atoms with Crippen LogP contribution in [0.1, 0.15) is 6.92 Å². The molecule has 0 amide bonds. The quantitative estimate of drug-likeness (QED) is 0.631. The molecule has 0 unspecified atom stereocenters. The first-order valence-corrected chi connectivity index (χ1v) is 9.37. The highest BCUT2D eigenvalue weighted by Crippen LogP contribution is 2.13. The van der Waals surface area contributed by atoms with E-state index in [0.717, 1.165) is 4.47 Å². The smallest absolute Gasteiger partial charge is 0.303 e. The molecule has 0 spiro atoms. The zero-order chi connectivity index (χ0) is 12.2. The lowest BCUT2D eigenvalue weighted by molar-refractivity contribution is -0.140. The lowest BCUT2D eigenvalue weighted by Crippen LogP contribution is -2.43. The summed E-state index contributed by atoms with van der Waals surface area (Å²) in [6.45, 7) is 6.68. The zero-order valence-corrected chi connectivity index (χ0v) is 12.5. The van der Waals surface area contributed by atoms with Crippen LogP contribution in [0.25, 0.3) is 0 Å². The molecule has 1 aromatic carbocycles. The Morgan fingerprint density at radius 1 is 1.31 bits per heavy atom. The van der Waals surface area contributed by atoms with Gasteiger partial charge in [-0.2, -0.15) is 0 Å². The van der Waals surface area contributed by atoms with Crippen LogP contribution in [0.15, 0.2) is 28.7 Å². The van der Waals surface area contributed by atoms with E-state index in [9.17, 15) is 4.79 Å². The van der Waals surface area contributed by atoms with Gasteiger partial charge in [0, 0.05) is 10.5 Å². The van der Waals surface area contributed by atoms with Gasteiger partial charge in [-0.15, -0.1) is 0 Å². The van der Waals surface area contributed by atoms with E-state index in [0.29, 0.717) is 12.7 Å². The monoisotopic (exact) mass is 300 g/mol. The van der Waals surface area contributed by atoms with E-state index >= 15 is 0 Å². The molecule has 0 aliphatic rings. The predicted molar refractivity (Wildman–Crippen MR) is 72.7 cm³/mol. The summed E-state index contributed by atoms with van der Waals surface area (Å²) >= 11 is 3.41. The van der Waals surface area contributed by atoms with Crippen LogP contribution in [-0.2, 0) is 9.53 Å². The van der Waals surface area contributed by atoms with Crippen LogP contribution < -0.4 is 5.19 Å². The third kappa shape index (κ3) is 3.76. The van der Waals surface area contributed by atoms with Gasteiger partial charge in [0.15, 0.2) is 0 Å². The SMILES string of the molecule is CCOC(=O)C[Si](C)(C)c1ccc(Br)cc1. The van der Waals surface area contributed by atoms with E-state index in [-0.39, 0.29) is 5.97 Å². The maximum Gasteiger partial charge on any atom is 0.303 e. The van der Waals surface area contributed by atoms with Crippen LogP contribution in [-0.4, -0.2) is 20.7 Å². The van der Waals surface area contributed by atoms with Gasteiger partial charge in [-0.05, 0) is 19.1 Å². The summed E-state index contributed by atoms with van der Waals surface area (Å²) < 4.78 is 6.08. The van der Waals surface area contributed by atoms with Crippen molar-refractivity contribution < 1.29 is 9.53 Å². The fourth-order valence-electron chi connectivity index (χ4n) is 1.58. The molecule has 2 nitrogen and oxygen atoms in total. The predicted octanol–water partition coefficient (Wildman–Crippen LogP) is 2.93. The summed E-state index contributed by atoms with van der Waals surface area (Å²) in [5, 5.41) is 1.28. The highest BCUT2D eigenvalue weighted by Gasteiger charge is 2.27. The van der Waals surface area contributed by atoms with Crippen molar-refractivity contribution in [3.8, 4) is 0 Å². The topological polar surface area (TPSA) is 26.3 Å². The summed E-state index contributed by atoms with van der Waals surface area (Å²) in [5.74, 6) is -0.0814. The first kappa shape index (κ1) is 13.5. The van der Waals surface area contributed by atoms with E-state index in [4.69, 9.17) is 4.74 Å². The van der Waals surface area contributed by atoms with Gasteiger partial charge in [-0.25, -0.2) is 0 Å². The van der Waals surface area contributed by atoms with Crippen LogP contribution in [0, 0.1) is 0 Å². The minimum Gasteiger partial charge on any atom is -0.466 e. The number of esters is 1. The molecule has 0 saturated heterocycles. The lowest BCUT2D eigenvalue weighted by atomic mass is 10.4. The number of hydrogen-bond acceptors (Lipinski definition) is 2. The first-order chi connectivity index (χ1) is 7.45. The molecular weight excluding hydrogens is 284 g/mol. The van der Waals surface area contributed by atoms with Gasteiger partial charge in [0.1, 0.15) is 0 Å². The normalized spacial score (nSPS) is 11.2. The molecule has 0 atom stereocenters. The fourth-order valence-corrected chi connectivity index (χ4v) is 3.94. The van der Waals surface area contributed by atoms with Crippen molar-refractivity contribution in [2.24, 2.45) is 0 Å². The highest BCUT2D eigenvalue weighted by atomic mass is 79.9. The van der Waals surface area contributed by atoms with Crippen molar-refractivity contribution in [2.45, 2.75) is 26.1 Å². The zero-order valence-electron chi connectivity index (χ0n) is 9.92. The van der Waals surface area contributed by atoms with Crippen LogP contribution in [0.4, 0.5) is 0 Å². The molecule has 0 aliphatic heterocycles. The number of carbonyl (C=O) groups excluding carboxylic acids is 1. The number of rotatable bonds is 4. The average molecular weight is 301 g/mol. The third-order valence-corrected chi connectivity index (χ3v) is 6.11. The number of carbonyl (C=O) groups is 1. The fraction of sp³-hybridized carbons (Fsp3) is 0.417. The molecule has 0 bridgehead atoms. The molecule has 0 aromatic heterocycles. The van der Waals surface area contributed by atoms with E-state index in [1.807, 2.05) is 19.1 Å². The minimum absolute atomic E-state index is 0.0814. The van der Waals surface area contributed by atoms with Crippen molar-refractivity contribution in [3.05, 3.63) is 28.7 Å². The Morgan fingerprint density at radius 2 is 1.88 bits per heavy atom. The van der Waals surface area contributed by atoms with E-state index in [2.05, 4.69) is 41.2 Å². The van der Waals surface area contributed by atoms with E-state index in [1.165, 1.54) is 5.19 Å². The maximum atomic E-state index is 11.5. The molecule has 0 aliphatic carbocycles. The van der Waals surface area contributed by atoms with Gasteiger partial charge >= 0.3 is 5.97 Å². The summed E-state index contributed by atoms with van der Waals surface area (Å²) in [4.78, 5) is 11.5. The van der Waals surface area contributed by atoms with Gasteiger partial charge in [0.05, 0.1) is 14.7 Å². The number of benzene rings is 1. The van der Waals surface area contributed by atoms with Crippen LogP contribution in [0.2, 0.25) is 19.1 Å². The van der Waals surface area contributed by atoms with E-state index in [1.54, 1.807) is 0 Å². The number of halogens is 1. The highest BCUT2D eigenvalue weighted by molar-refractivity contribution is 9.10. The number of hydrogen-bond donors (Lipinski definition) is 0. The van der Waals surface area contributed by atoms with Crippen LogP contribution >= 0.6 is 15.9 Å². The Kier molecular flexibility index (Phi) is 4.74. The van der Waals surface area contributed by atoms with Crippen molar-refractivity contribution in [1.29, 1.82) is 0 Å². The average Bonchev–Trinajstić information content (AvgIpc) is 2.17. The summed E-state index contributed by atoms with van der Waals surface area (Å²) in [6.07, 6.45) is 0. The van der Waals surface area contributed by atoms with Crippen molar-refractivity contribution in [3.63, 3.8) is 0 Å². The van der Waals surface area contributed by atoms with Gasteiger partial charge < -0.3 is 4.74 Å². The molecule has 0 saturated carbocycles. The molecular formula is C12H17BrO2Si. The van der Waals surface area contributed by atoms with Crippen molar-refractivity contribution in [1.82, 2.24) is 0 Å². The molecule has 4 heteroatoms. The molecule has 88 valence electrons. The molecule has 16 heavy (non-hydrogen) atoms. The Hall–Kier alpha value is -0.613. The lowest BCUT2D eigenvalue weighted by Gasteiger charge is -2.21. The van der Waals surface area contributed by atoms with Gasteiger partial charge in [-0.3, -0.25) is 4.79 Å². The molecule has 1 rings (SSSR count). The summed E-state index contributed by atoms with van der Waals surface area (Å²) in [7, 11) is -1.70. The van der Waals surface area contributed by atoms with E-state index < -0.39 is 8.07 Å². The Morgan fingerprint density at radius 3 is 2.38 bits per heavy atom. The Balaban J connectivity index is 2.76. The molecule has 0 radical (unpaired) electrons. The molecule has 1 aromatic rings. The first-order valence-electron chi connectivity index (χ1n) is 5.37. The minimum atomic E-state index is -1.70. The Labute approximate surface area is 106 Å². The summed E-state index contributed by atoms with van der Waals surface area (Å²) in [6, 6.07) is 8.78. The molecule has 0 N–H and O–H groups in total. The largest absolute Gasteiger partial charge is 0.466 e. The van der Waals surface area contributed by atoms with Crippen LogP contribution in [0.3, 0.4) is 0 Å². The van der Waals surface area contributed by atoms with Crippen molar-refractivity contribution >= 4 is 35.2 Å². The summed E-state index contributed by atoms with van der Waals surface area (Å²) in [5.41, 5.74) is 0. The van der Waals surface area contributed by atoms with Gasteiger partial charge in [0.25, 0.3) is 0 Å². The number of ether oxygens (including phenoxy) is 1. The second-order valence-electron chi connectivity index (χ2n) is 4.37. The Bertz CT molecular complexity index is 360. The second kappa shape index (κ2) is 5.64.